The van der Waals surface area contributed by atoms with E-state index in [1.165, 1.54) is 0 Å². The number of carboxylic acid groups (broad SMARTS) is 1. The number of nitrogens with two attached hydrogens (primary N) is 1. The van der Waals surface area contributed by atoms with Gasteiger partial charge in [0.1, 0.15) is 0 Å². The van der Waals surface area contributed by atoms with Crippen molar-refractivity contribution in [1.82, 2.24) is 0 Å². The van der Waals surface area contributed by atoms with Gasteiger partial charge in [-0.2, -0.15) is 0 Å². The van der Waals surface area contributed by atoms with Crippen molar-refractivity contribution in [3.8, 4) is 0 Å². The molecule has 0 aromatic rings. The summed E-state index contributed by atoms with van der Waals surface area (Å²) in [4.78, 5) is 10.3. The van der Waals surface area contributed by atoms with Gasteiger partial charge < -0.3 is 10.8 Å². The minimum absolute atomic E-state index is 0.192. The average molecular weight is 145 g/mol. The Morgan fingerprint density at radius 3 is 2.50 bits per heavy atom. The van der Waals surface area contributed by atoms with Gasteiger partial charge in [-0.05, 0) is 6.42 Å². The first kappa shape index (κ1) is 9.43. The summed E-state index contributed by atoms with van der Waals surface area (Å²) in [6.07, 6.45) is 1.73. The molecule has 10 heavy (non-hydrogen) atoms. The summed E-state index contributed by atoms with van der Waals surface area (Å²) in [6, 6.07) is -0.192. The lowest BCUT2D eigenvalue weighted by atomic mass is 9.99. The second kappa shape index (κ2) is 4.28. The third kappa shape index (κ3) is 2.82. The summed E-state index contributed by atoms with van der Waals surface area (Å²) in [5.74, 6) is -1.22. The molecule has 0 saturated heterocycles. The highest BCUT2D eigenvalue weighted by atomic mass is 16.4. The molecule has 0 radical (unpaired) electrons. The molecule has 3 heteroatoms. The van der Waals surface area contributed by atoms with E-state index in [4.69, 9.17) is 10.8 Å². The minimum atomic E-state index is -0.805. The van der Waals surface area contributed by atoms with Crippen molar-refractivity contribution in [2.45, 2.75) is 32.7 Å². The van der Waals surface area contributed by atoms with Gasteiger partial charge in [0, 0.05) is 6.04 Å². The van der Waals surface area contributed by atoms with Crippen molar-refractivity contribution in [2.24, 2.45) is 11.7 Å². The van der Waals surface area contributed by atoms with Crippen molar-refractivity contribution < 1.29 is 9.90 Å². The van der Waals surface area contributed by atoms with E-state index in [-0.39, 0.29) is 6.04 Å². The molecule has 3 nitrogen and oxygen atoms in total. The molecular weight excluding hydrogens is 130 g/mol. The molecule has 0 aliphatic heterocycles. The van der Waals surface area contributed by atoms with Crippen LogP contribution in [0.4, 0.5) is 0 Å². The van der Waals surface area contributed by atoms with E-state index >= 15 is 0 Å². The van der Waals surface area contributed by atoms with E-state index in [1.807, 2.05) is 6.92 Å². The molecule has 0 aliphatic carbocycles. The summed E-state index contributed by atoms with van der Waals surface area (Å²) < 4.78 is 0. The maximum Gasteiger partial charge on any atom is 0.307 e. The van der Waals surface area contributed by atoms with Crippen LogP contribution in [0.3, 0.4) is 0 Å². The Morgan fingerprint density at radius 1 is 1.70 bits per heavy atom. The van der Waals surface area contributed by atoms with E-state index in [0.29, 0.717) is 0 Å². The van der Waals surface area contributed by atoms with Crippen LogP contribution < -0.4 is 5.73 Å². The van der Waals surface area contributed by atoms with Crippen LogP contribution in [-0.2, 0) is 4.79 Å². The highest BCUT2D eigenvalue weighted by Crippen LogP contribution is 2.05. The lowest BCUT2D eigenvalue weighted by Gasteiger charge is -2.13. The highest BCUT2D eigenvalue weighted by molar-refractivity contribution is 5.70. The molecule has 0 bridgehead atoms. The first-order valence-electron chi connectivity index (χ1n) is 3.58. The molecular formula is C7H15NO2. The Kier molecular flexibility index (Phi) is 4.03. The molecule has 0 aromatic heterocycles. The second-order valence-electron chi connectivity index (χ2n) is 2.58. The van der Waals surface area contributed by atoms with Crippen molar-refractivity contribution >= 4 is 5.97 Å². The van der Waals surface area contributed by atoms with Gasteiger partial charge in [0.2, 0.25) is 0 Å². The zero-order chi connectivity index (χ0) is 8.15. The van der Waals surface area contributed by atoms with Gasteiger partial charge in [0.25, 0.3) is 0 Å². The Balaban J connectivity index is 3.69. The number of aliphatic carboxylic acids is 1. The van der Waals surface area contributed by atoms with Crippen LogP contribution in [0.1, 0.15) is 26.7 Å². The zero-order valence-electron chi connectivity index (χ0n) is 6.50. The molecule has 0 rings (SSSR count). The van der Waals surface area contributed by atoms with E-state index in [2.05, 4.69) is 0 Å². The maximum atomic E-state index is 10.3. The fourth-order valence-electron chi connectivity index (χ4n) is 0.766. The fourth-order valence-corrected chi connectivity index (χ4v) is 0.766. The first-order valence-corrected chi connectivity index (χ1v) is 3.58. The smallest absolute Gasteiger partial charge is 0.307 e. The quantitative estimate of drug-likeness (QED) is 0.616. The minimum Gasteiger partial charge on any atom is -0.481 e. The Bertz CT molecular complexity index is 114. The van der Waals surface area contributed by atoms with Gasteiger partial charge in [0.05, 0.1) is 5.92 Å². The predicted molar refractivity (Wildman–Crippen MR) is 39.7 cm³/mol. The SMILES string of the molecule is CCC[C@H](N)C(C)C(=O)O. The van der Waals surface area contributed by atoms with Gasteiger partial charge >= 0.3 is 5.97 Å². The molecule has 3 N–H and O–H groups in total. The standard InChI is InChI=1S/C7H15NO2/c1-3-4-6(8)5(2)7(9)10/h5-6H,3-4,8H2,1-2H3,(H,9,10)/t5?,6-/m0/s1. The highest BCUT2D eigenvalue weighted by Gasteiger charge is 2.18. The summed E-state index contributed by atoms with van der Waals surface area (Å²) in [7, 11) is 0. The van der Waals surface area contributed by atoms with E-state index < -0.39 is 11.9 Å². The number of hydrogen-bond acceptors (Lipinski definition) is 2. The fraction of sp³-hybridized carbons (Fsp3) is 0.857. The van der Waals surface area contributed by atoms with Gasteiger partial charge in [-0.1, -0.05) is 20.3 Å². The van der Waals surface area contributed by atoms with E-state index in [1.54, 1.807) is 6.92 Å². The van der Waals surface area contributed by atoms with Gasteiger partial charge in [-0.3, -0.25) is 4.79 Å². The molecule has 60 valence electrons. The summed E-state index contributed by atoms with van der Waals surface area (Å²) in [5, 5.41) is 8.50. The predicted octanol–water partition coefficient (Wildman–Crippen LogP) is 0.835. The van der Waals surface area contributed by atoms with E-state index in [9.17, 15) is 4.79 Å². The first-order chi connectivity index (χ1) is 4.59. The monoisotopic (exact) mass is 145 g/mol. The van der Waals surface area contributed by atoms with Crippen LogP contribution in [0.2, 0.25) is 0 Å². The number of carbonyl (C=O) groups is 1. The normalized spacial score (nSPS) is 16.3. The van der Waals surface area contributed by atoms with Crippen molar-refractivity contribution in [2.75, 3.05) is 0 Å². The Labute approximate surface area is 61.2 Å². The second-order valence-corrected chi connectivity index (χ2v) is 2.58. The number of carboxylic acids is 1. The van der Waals surface area contributed by atoms with Crippen LogP contribution in [0.25, 0.3) is 0 Å². The Hall–Kier alpha value is -0.570. The molecule has 0 saturated carbocycles. The molecule has 0 spiro atoms. The lowest BCUT2D eigenvalue weighted by Crippen LogP contribution is -2.33. The van der Waals surface area contributed by atoms with Crippen molar-refractivity contribution in [3.63, 3.8) is 0 Å². The number of rotatable bonds is 4. The maximum absolute atomic E-state index is 10.3. The van der Waals surface area contributed by atoms with Crippen LogP contribution in [-0.4, -0.2) is 17.1 Å². The van der Waals surface area contributed by atoms with Crippen LogP contribution >= 0.6 is 0 Å². The Morgan fingerprint density at radius 2 is 2.20 bits per heavy atom. The van der Waals surface area contributed by atoms with Crippen LogP contribution in [0.5, 0.6) is 0 Å². The molecule has 1 unspecified atom stereocenters. The van der Waals surface area contributed by atoms with Crippen molar-refractivity contribution in [3.05, 3.63) is 0 Å². The molecule has 0 amide bonds. The summed E-state index contributed by atoms with van der Waals surface area (Å²) >= 11 is 0. The average Bonchev–Trinajstić information content (AvgIpc) is 1.87. The van der Waals surface area contributed by atoms with Crippen LogP contribution in [0, 0.1) is 5.92 Å². The van der Waals surface area contributed by atoms with Gasteiger partial charge in [-0.15, -0.1) is 0 Å². The van der Waals surface area contributed by atoms with Gasteiger partial charge in [0.15, 0.2) is 0 Å². The number of hydrogen-bond donors (Lipinski definition) is 2. The molecule has 2 atom stereocenters. The topological polar surface area (TPSA) is 63.3 Å². The molecule has 0 aromatic carbocycles. The molecule has 0 fully saturated rings. The summed E-state index contributed by atoms with van der Waals surface area (Å²) in [5.41, 5.74) is 5.55. The molecule has 0 heterocycles. The third-order valence-corrected chi connectivity index (χ3v) is 1.65. The van der Waals surface area contributed by atoms with Crippen LogP contribution in [0.15, 0.2) is 0 Å². The van der Waals surface area contributed by atoms with E-state index in [0.717, 1.165) is 12.8 Å². The lowest BCUT2D eigenvalue weighted by molar-refractivity contribution is -0.141. The zero-order valence-corrected chi connectivity index (χ0v) is 6.50. The molecule has 0 aliphatic rings. The largest absolute Gasteiger partial charge is 0.481 e. The van der Waals surface area contributed by atoms with Gasteiger partial charge in [-0.25, -0.2) is 0 Å². The third-order valence-electron chi connectivity index (χ3n) is 1.65. The summed E-state index contributed by atoms with van der Waals surface area (Å²) in [6.45, 7) is 3.64. The van der Waals surface area contributed by atoms with Crippen molar-refractivity contribution in [1.29, 1.82) is 0 Å².